The Morgan fingerprint density at radius 1 is 1.27 bits per heavy atom. The molecule has 0 saturated carbocycles. The van der Waals surface area contributed by atoms with Crippen LogP contribution in [0.1, 0.15) is 20.8 Å². The van der Waals surface area contributed by atoms with Crippen molar-refractivity contribution < 1.29 is 14.6 Å². The molecule has 0 spiro atoms. The van der Waals surface area contributed by atoms with Gasteiger partial charge >= 0.3 is 0 Å². The van der Waals surface area contributed by atoms with Gasteiger partial charge in [-0.25, -0.2) is 0 Å². The Kier molecular flexibility index (Phi) is 6.03. The minimum absolute atomic E-state index is 0.317. The van der Waals surface area contributed by atoms with Crippen molar-refractivity contribution in [3.63, 3.8) is 0 Å². The monoisotopic (exact) mass is 280 g/mol. The fourth-order valence-corrected chi connectivity index (χ4v) is 1.53. The lowest BCUT2D eigenvalue weighted by molar-refractivity contribution is -0.248. The number of ether oxygens (including phenoxy) is 2. The van der Waals surface area contributed by atoms with Gasteiger partial charge in [-0.2, -0.15) is 0 Å². The zero-order valence-corrected chi connectivity index (χ0v) is 11.7. The summed E-state index contributed by atoms with van der Waals surface area (Å²) in [7, 11) is 3.05. The largest absolute Gasteiger partial charge is 0.387 e. The van der Waals surface area contributed by atoms with Crippen molar-refractivity contribution in [2.75, 3.05) is 19.5 Å². The third-order valence-corrected chi connectivity index (χ3v) is 2.65. The fraction of sp³-hybridized carbons (Fsp3) is 0.818. The van der Waals surface area contributed by atoms with Crippen LogP contribution >= 0.6 is 15.9 Å². The zero-order valence-electron chi connectivity index (χ0n) is 10.1. The Bertz CT molecular complexity index is 204. The van der Waals surface area contributed by atoms with Crippen molar-refractivity contribution in [3.05, 3.63) is 12.2 Å². The van der Waals surface area contributed by atoms with Crippen LogP contribution < -0.4 is 0 Å². The normalized spacial score (nSPS) is 15.9. The summed E-state index contributed by atoms with van der Waals surface area (Å²) in [6, 6.07) is 0. The molecule has 1 N–H and O–H groups in total. The highest BCUT2D eigenvalue weighted by molar-refractivity contribution is 9.09. The molecule has 0 aliphatic heterocycles. The topological polar surface area (TPSA) is 38.7 Å². The van der Waals surface area contributed by atoms with Gasteiger partial charge in [0, 0.05) is 19.5 Å². The SMILES string of the molecule is COC(/C=C/CBr)(OC)C(O)C(C)(C)C. The van der Waals surface area contributed by atoms with E-state index >= 15 is 0 Å². The third-order valence-electron chi connectivity index (χ3n) is 2.28. The lowest BCUT2D eigenvalue weighted by Crippen LogP contribution is -2.50. The molecule has 1 atom stereocenters. The highest BCUT2D eigenvalue weighted by Gasteiger charge is 2.42. The van der Waals surface area contributed by atoms with E-state index in [9.17, 15) is 5.11 Å². The first-order valence-electron chi connectivity index (χ1n) is 4.86. The summed E-state index contributed by atoms with van der Waals surface area (Å²) in [4.78, 5) is 0. The number of halogens is 1. The van der Waals surface area contributed by atoms with Gasteiger partial charge in [-0.1, -0.05) is 42.8 Å². The van der Waals surface area contributed by atoms with Crippen LogP contribution in [0.15, 0.2) is 12.2 Å². The standard InChI is InChI=1S/C11H21BrO3/c1-10(2,3)9(13)11(14-4,15-5)7-6-8-12/h6-7,9,13H,8H2,1-5H3/b7-6+. The van der Waals surface area contributed by atoms with Gasteiger partial charge in [0.2, 0.25) is 5.79 Å². The smallest absolute Gasteiger partial charge is 0.214 e. The highest BCUT2D eigenvalue weighted by atomic mass is 79.9. The summed E-state index contributed by atoms with van der Waals surface area (Å²) in [5.74, 6) is -1.08. The van der Waals surface area contributed by atoms with E-state index in [1.165, 1.54) is 14.2 Å². The fourth-order valence-electron chi connectivity index (χ4n) is 1.35. The summed E-state index contributed by atoms with van der Waals surface area (Å²) in [5, 5.41) is 10.9. The lowest BCUT2D eigenvalue weighted by atomic mass is 9.83. The van der Waals surface area contributed by atoms with Crippen LogP contribution in [0, 0.1) is 5.41 Å². The number of aliphatic hydroxyl groups excluding tert-OH is 1. The van der Waals surface area contributed by atoms with Crippen LogP contribution in [-0.4, -0.2) is 36.5 Å². The summed E-state index contributed by atoms with van der Waals surface area (Å²) in [6.07, 6.45) is 2.84. The maximum Gasteiger partial charge on any atom is 0.214 e. The predicted molar refractivity (Wildman–Crippen MR) is 65.1 cm³/mol. The molecule has 0 saturated heterocycles. The number of allylic oxidation sites excluding steroid dienone is 1. The molecule has 0 fully saturated rings. The van der Waals surface area contributed by atoms with E-state index in [4.69, 9.17) is 9.47 Å². The van der Waals surface area contributed by atoms with Crippen molar-refractivity contribution in [3.8, 4) is 0 Å². The molecule has 0 bridgehead atoms. The van der Waals surface area contributed by atoms with Gasteiger partial charge in [0.25, 0.3) is 0 Å². The molecule has 0 aliphatic rings. The van der Waals surface area contributed by atoms with Crippen molar-refractivity contribution in [1.82, 2.24) is 0 Å². The second-order valence-electron chi connectivity index (χ2n) is 4.45. The van der Waals surface area contributed by atoms with Crippen molar-refractivity contribution in [2.24, 2.45) is 5.41 Å². The molecule has 1 unspecified atom stereocenters. The maximum atomic E-state index is 10.2. The molecular weight excluding hydrogens is 260 g/mol. The molecule has 0 aromatic rings. The van der Waals surface area contributed by atoms with Crippen LogP contribution in [0.5, 0.6) is 0 Å². The number of hydrogen-bond donors (Lipinski definition) is 1. The lowest BCUT2D eigenvalue weighted by Gasteiger charge is -2.39. The average Bonchev–Trinajstić information content (AvgIpc) is 2.18. The van der Waals surface area contributed by atoms with Crippen molar-refractivity contribution in [1.29, 1.82) is 0 Å². The molecule has 4 heteroatoms. The first-order chi connectivity index (χ1) is 6.84. The number of alkyl halides is 1. The van der Waals surface area contributed by atoms with E-state index in [0.29, 0.717) is 5.33 Å². The first kappa shape index (κ1) is 15.1. The van der Waals surface area contributed by atoms with Gasteiger partial charge in [-0.15, -0.1) is 0 Å². The highest BCUT2D eigenvalue weighted by Crippen LogP contribution is 2.32. The van der Waals surface area contributed by atoms with E-state index in [2.05, 4.69) is 15.9 Å². The maximum absolute atomic E-state index is 10.2. The molecule has 15 heavy (non-hydrogen) atoms. The summed E-state index contributed by atoms with van der Waals surface area (Å²) in [5.41, 5.74) is -0.317. The molecule has 0 rings (SSSR count). The molecule has 0 radical (unpaired) electrons. The molecule has 0 aromatic heterocycles. The molecule has 0 amide bonds. The van der Waals surface area contributed by atoms with Gasteiger partial charge in [0.05, 0.1) is 0 Å². The average molecular weight is 281 g/mol. The van der Waals surface area contributed by atoms with Gasteiger partial charge < -0.3 is 14.6 Å². The quantitative estimate of drug-likeness (QED) is 0.477. The van der Waals surface area contributed by atoms with Gasteiger partial charge in [0.15, 0.2) is 0 Å². The minimum Gasteiger partial charge on any atom is -0.387 e. The molecular formula is C11H21BrO3. The number of aliphatic hydroxyl groups is 1. The van der Waals surface area contributed by atoms with E-state index in [0.717, 1.165) is 0 Å². The van der Waals surface area contributed by atoms with Crippen molar-refractivity contribution >= 4 is 15.9 Å². The summed E-state index contributed by atoms with van der Waals surface area (Å²) in [6.45, 7) is 5.81. The molecule has 90 valence electrons. The van der Waals surface area contributed by atoms with Crippen LogP contribution in [0.2, 0.25) is 0 Å². The minimum atomic E-state index is -1.08. The van der Waals surface area contributed by atoms with Crippen LogP contribution in [0.25, 0.3) is 0 Å². The first-order valence-corrected chi connectivity index (χ1v) is 5.98. The molecule has 0 heterocycles. The van der Waals surface area contributed by atoms with E-state index in [1.54, 1.807) is 6.08 Å². The molecule has 0 aliphatic carbocycles. The number of rotatable bonds is 5. The van der Waals surface area contributed by atoms with Crippen LogP contribution in [-0.2, 0) is 9.47 Å². The molecule has 0 aromatic carbocycles. The van der Waals surface area contributed by atoms with E-state index in [-0.39, 0.29) is 5.41 Å². The van der Waals surface area contributed by atoms with Gasteiger partial charge in [-0.3, -0.25) is 0 Å². The Hall–Kier alpha value is 0.1000. The Morgan fingerprint density at radius 2 is 1.73 bits per heavy atom. The Labute approximate surface area is 101 Å². The molecule has 3 nitrogen and oxygen atoms in total. The van der Waals surface area contributed by atoms with E-state index in [1.807, 2.05) is 26.8 Å². The predicted octanol–water partition coefficient (Wildman–Crippen LogP) is 2.33. The Morgan fingerprint density at radius 3 is 2.00 bits per heavy atom. The van der Waals surface area contributed by atoms with Crippen LogP contribution in [0.4, 0.5) is 0 Å². The zero-order chi connectivity index (χ0) is 12.1. The van der Waals surface area contributed by atoms with Gasteiger partial charge in [0.1, 0.15) is 6.10 Å². The Balaban J connectivity index is 5.00. The number of methoxy groups -OCH3 is 2. The van der Waals surface area contributed by atoms with Crippen LogP contribution in [0.3, 0.4) is 0 Å². The summed E-state index contributed by atoms with van der Waals surface area (Å²) < 4.78 is 10.6. The van der Waals surface area contributed by atoms with E-state index < -0.39 is 11.9 Å². The number of hydrogen-bond acceptors (Lipinski definition) is 3. The van der Waals surface area contributed by atoms with Gasteiger partial charge in [-0.05, 0) is 11.5 Å². The summed E-state index contributed by atoms with van der Waals surface area (Å²) >= 11 is 3.28. The second-order valence-corrected chi connectivity index (χ2v) is 5.10. The second kappa shape index (κ2) is 5.99. The van der Waals surface area contributed by atoms with Crippen molar-refractivity contribution in [2.45, 2.75) is 32.7 Å². The third kappa shape index (κ3) is 3.87.